The normalized spacial score (nSPS) is 10.6. The number of aryl methyl sites for hydroxylation is 1. The van der Waals surface area contributed by atoms with Gasteiger partial charge in [-0.15, -0.1) is 0 Å². The van der Waals surface area contributed by atoms with Crippen molar-refractivity contribution in [3.63, 3.8) is 0 Å². The second kappa shape index (κ2) is 10.5. The molecule has 11 heteroatoms. The van der Waals surface area contributed by atoms with Crippen molar-refractivity contribution in [2.45, 2.75) is 13.7 Å². The molecule has 9 nitrogen and oxygen atoms in total. The van der Waals surface area contributed by atoms with Crippen molar-refractivity contribution in [2.24, 2.45) is 0 Å². The number of halogens is 2. The lowest BCUT2D eigenvalue weighted by Crippen LogP contribution is -2.14. The van der Waals surface area contributed by atoms with Crippen molar-refractivity contribution in [3.8, 4) is 17.2 Å². The molecule has 4 rings (SSSR count). The monoisotopic (exact) mass is 512 g/mol. The molecule has 178 valence electrons. The Morgan fingerprint density at radius 1 is 1.09 bits per heavy atom. The van der Waals surface area contributed by atoms with Gasteiger partial charge in [-0.1, -0.05) is 41.4 Å². The predicted octanol–water partition coefficient (Wildman–Crippen LogP) is 6.49. The van der Waals surface area contributed by atoms with Gasteiger partial charge in [0.2, 0.25) is 0 Å². The highest BCUT2D eigenvalue weighted by Gasteiger charge is 2.16. The zero-order chi connectivity index (χ0) is 24.9. The van der Waals surface area contributed by atoms with E-state index >= 15 is 0 Å². The van der Waals surface area contributed by atoms with E-state index in [1.807, 2.05) is 31.2 Å². The molecule has 0 fully saturated rings. The van der Waals surface area contributed by atoms with Crippen LogP contribution in [0.25, 0.3) is 0 Å². The zero-order valence-corrected chi connectivity index (χ0v) is 19.8. The highest BCUT2D eigenvalue weighted by Crippen LogP contribution is 2.34. The van der Waals surface area contributed by atoms with E-state index in [9.17, 15) is 14.9 Å². The minimum Gasteiger partial charge on any atom is -0.471 e. The van der Waals surface area contributed by atoms with Gasteiger partial charge in [-0.3, -0.25) is 14.9 Å². The summed E-state index contributed by atoms with van der Waals surface area (Å²) >= 11 is 12.0. The molecule has 0 spiro atoms. The number of benzene rings is 3. The molecule has 0 saturated carbocycles. The minimum atomic E-state index is -0.594. The molecule has 1 aromatic heterocycles. The first kappa shape index (κ1) is 24.1. The molecule has 1 N–H and O–H groups in total. The van der Waals surface area contributed by atoms with Gasteiger partial charge in [0.05, 0.1) is 21.7 Å². The number of nitro benzene ring substituents is 1. The van der Waals surface area contributed by atoms with Gasteiger partial charge in [0, 0.05) is 23.4 Å². The molecule has 0 radical (unpaired) electrons. The van der Waals surface area contributed by atoms with Crippen LogP contribution in [-0.2, 0) is 6.73 Å². The zero-order valence-electron chi connectivity index (χ0n) is 18.3. The van der Waals surface area contributed by atoms with Gasteiger partial charge in [-0.05, 0) is 42.8 Å². The molecular formula is C24H18Cl2N4O5. The SMILES string of the molecule is Cc1ccccc1OCn1ccc(C(=O)Nc2cc(Oc3ccc(Cl)cc3Cl)cc([N+](=O)[O-])c2)n1. The second-order valence-corrected chi connectivity index (χ2v) is 8.23. The number of carbonyl (C=O) groups is 1. The summed E-state index contributed by atoms with van der Waals surface area (Å²) in [6.45, 7) is 2.03. The van der Waals surface area contributed by atoms with E-state index in [0.717, 1.165) is 5.56 Å². The topological polar surface area (TPSA) is 109 Å². The van der Waals surface area contributed by atoms with E-state index < -0.39 is 10.8 Å². The van der Waals surface area contributed by atoms with Crippen LogP contribution in [0.2, 0.25) is 10.0 Å². The summed E-state index contributed by atoms with van der Waals surface area (Å²) in [7, 11) is 0. The molecular weight excluding hydrogens is 495 g/mol. The number of non-ortho nitro benzene ring substituents is 1. The van der Waals surface area contributed by atoms with Gasteiger partial charge in [0.1, 0.15) is 17.2 Å². The molecule has 0 unspecified atom stereocenters. The van der Waals surface area contributed by atoms with E-state index in [0.29, 0.717) is 10.8 Å². The maximum Gasteiger partial charge on any atom is 0.276 e. The molecule has 1 heterocycles. The first-order chi connectivity index (χ1) is 16.8. The van der Waals surface area contributed by atoms with Crippen LogP contribution in [0.1, 0.15) is 16.1 Å². The third-order valence-electron chi connectivity index (χ3n) is 4.80. The standard InChI is InChI=1S/C24H18Cl2N4O5/c1-15-4-2-3-5-22(15)34-14-29-9-8-21(28-29)24(31)27-17-11-18(30(32)33)13-19(12-17)35-23-7-6-16(25)10-20(23)26/h2-13H,14H2,1H3,(H,27,31). The molecule has 0 aliphatic heterocycles. The van der Waals surface area contributed by atoms with Crippen LogP contribution in [0.15, 0.2) is 72.9 Å². The van der Waals surface area contributed by atoms with Crippen molar-refractivity contribution in [2.75, 3.05) is 5.32 Å². The maximum atomic E-state index is 12.7. The number of nitro groups is 1. The summed E-state index contributed by atoms with van der Waals surface area (Å²) in [6.07, 6.45) is 1.59. The number of ether oxygens (including phenoxy) is 2. The van der Waals surface area contributed by atoms with E-state index in [4.69, 9.17) is 32.7 Å². The lowest BCUT2D eigenvalue weighted by Gasteiger charge is -2.10. The Morgan fingerprint density at radius 3 is 2.63 bits per heavy atom. The first-order valence-electron chi connectivity index (χ1n) is 10.2. The van der Waals surface area contributed by atoms with Gasteiger partial charge in [0.15, 0.2) is 12.4 Å². The fraction of sp³-hybridized carbons (Fsp3) is 0.0833. The number of aromatic nitrogens is 2. The molecule has 3 aromatic carbocycles. The van der Waals surface area contributed by atoms with Gasteiger partial charge in [-0.2, -0.15) is 5.10 Å². The van der Waals surface area contributed by atoms with E-state index in [2.05, 4.69) is 10.4 Å². The van der Waals surface area contributed by atoms with Gasteiger partial charge >= 0.3 is 0 Å². The lowest BCUT2D eigenvalue weighted by molar-refractivity contribution is -0.384. The van der Waals surface area contributed by atoms with Gasteiger partial charge in [0.25, 0.3) is 11.6 Å². The molecule has 0 aliphatic rings. The summed E-state index contributed by atoms with van der Waals surface area (Å²) in [5.74, 6) is 0.506. The predicted molar refractivity (Wildman–Crippen MR) is 132 cm³/mol. The van der Waals surface area contributed by atoms with Gasteiger partial charge in [-0.25, -0.2) is 4.68 Å². The summed E-state index contributed by atoms with van der Waals surface area (Å²) < 4.78 is 12.9. The fourth-order valence-electron chi connectivity index (χ4n) is 3.11. The highest BCUT2D eigenvalue weighted by atomic mass is 35.5. The van der Waals surface area contributed by atoms with Crippen LogP contribution in [-0.4, -0.2) is 20.6 Å². The van der Waals surface area contributed by atoms with Gasteiger partial charge < -0.3 is 14.8 Å². The smallest absolute Gasteiger partial charge is 0.276 e. The molecule has 0 saturated heterocycles. The van der Waals surface area contributed by atoms with Crippen LogP contribution in [0.4, 0.5) is 11.4 Å². The Hall–Kier alpha value is -4.08. The number of anilines is 1. The number of carbonyl (C=O) groups excluding carboxylic acids is 1. The second-order valence-electron chi connectivity index (χ2n) is 7.38. The Kier molecular flexibility index (Phi) is 7.19. The number of hydrogen-bond acceptors (Lipinski definition) is 6. The third-order valence-corrected chi connectivity index (χ3v) is 5.33. The Morgan fingerprint density at radius 2 is 1.89 bits per heavy atom. The lowest BCUT2D eigenvalue weighted by atomic mass is 10.2. The molecule has 0 atom stereocenters. The van der Waals surface area contributed by atoms with Crippen molar-refractivity contribution >= 4 is 40.5 Å². The van der Waals surface area contributed by atoms with Crippen molar-refractivity contribution in [3.05, 3.63) is 104 Å². The largest absolute Gasteiger partial charge is 0.471 e. The van der Waals surface area contributed by atoms with Crippen LogP contribution >= 0.6 is 23.2 Å². The number of para-hydroxylation sites is 1. The quantitative estimate of drug-likeness (QED) is 0.213. The molecule has 35 heavy (non-hydrogen) atoms. The van der Waals surface area contributed by atoms with E-state index in [1.165, 1.54) is 41.1 Å². The number of rotatable bonds is 8. The third kappa shape index (κ3) is 6.08. The average molecular weight is 513 g/mol. The molecule has 0 bridgehead atoms. The van der Waals surface area contributed by atoms with Crippen LogP contribution in [0.3, 0.4) is 0 Å². The number of hydrogen-bond donors (Lipinski definition) is 1. The summed E-state index contributed by atoms with van der Waals surface area (Å²) in [6, 6.07) is 17.5. The van der Waals surface area contributed by atoms with E-state index in [1.54, 1.807) is 12.3 Å². The van der Waals surface area contributed by atoms with Crippen LogP contribution in [0, 0.1) is 17.0 Å². The average Bonchev–Trinajstić information content (AvgIpc) is 3.29. The minimum absolute atomic E-state index is 0.105. The summed E-state index contributed by atoms with van der Waals surface area (Å²) in [5.41, 5.74) is 0.948. The van der Waals surface area contributed by atoms with Crippen molar-refractivity contribution in [1.29, 1.82) is 0 Å². The summed E-state index contributed by atoms with van der Waals surface area (Å²) in [4.78, 5) is 23.5. The number of nitrogens with zero attached hydrogens (tertiary/aromatic N) is 3. The Labute approximate surface area is 210 Å². The van der Waals surface area contributed by atoms with Crippen molar-refractivity contribution < 1.29 is 19.2 Å². The molecule has 0 aliphatic carbocycles. The summed E-state index contributed by atoms with van der Waals surface area (Å²) in [5, 5.41) is 18.9. The number of amides is 1. The van der Waals surface area contributed by atoms with Crippen LogP contribution in [0.5, 0.6) is 17.2 Å². The number of nitrogens with one attached hydrogen (secondary N) is 1. The Bertz CT molecular complexity index is 1410. The fourth-order valence-corrected chi connectivity index (χ4v) is 3.56. The molecule has 1 amide bonds. The molecule has 4 aromatic rings. The maximum absolute atomic E-state index is 12.7. The van der Waals surface area contributed by atoms with Crippen molar-refractivity contribution in [1.82, 2.24) is 9.78 Å². The highest BCUT2D eigenvalue weighted by molar-refractivity contribution is 6.35. The van der Waals surface area contributed by atoms with Crippen LogP contribution < -0.4 is 14.8 Å². The van der Waals surface area contributed by atoms with E-state index in [-0.39, 0.29) is 40.3 Å². The first-order valence-corrected chi connectivity index (χ1v) is 11.0. The Balaban J connectivity index is 1.48.